The van der Waals surface area contributed by atoms with Gasteiger partial charge in [-0.05, 0) is 12.1 Å². The fraction of sp³-hybridized carbons (Fsp3) is 0.0833. The van der Waals surface area contributed by atoms with E-state index < -0.39 is 0 Å². The van der Waals surface area contributed by atoms with Gasteiger partial charge in [0.2, 0.25) is 5.56 Å². The van der Waals surface area contributed by atoms with E-state index in [1.54, 1.807) is 12.1 Å². The van der Waals surface area contributed by atoms with Crippen LogP contribution < -0.4 is 10.3 Å². The van der Waals surface area contributed by atoms with Crippen LogP contribution in [0.15, 0.2) is 47.8 Å². The molecule has 76 valence electrons. The molecule has 0 aliphatic heterocycles. The largest absolute Gasteiger partial charge is 0.487 e. The lowest BCUT2D eigenvalue weighted by Crippen LogP contribution is -2.04. The Hall–Kier alpha value is -2.03. The van der Waals surface area contributed by atoms with E-state index in [0.717, 1.165) is 10.9 Å². The minimum absolute atomic E-state index is 0.128. The molecule has 1 aromatic heterocycles. The smallest absolute Gasteiger partial charge is 0.248 e. The van der Waals surface area contributed by atoms with Crippen LogP contribution in [0.25, 0.3) is 10.9 Å². The van der Waals surface area contributed by atoms with Gasteiger partial charge in [-0.15, -0.1) is 0 Å². The summed E-state index contributed by atoms with van der Waals surface area (Å²) >= 11 is 0. The second-order valence-corrected chi connectivity index (χ2v) is 3.14. The number of nitrogens with one attached hydrogen (secondary N) is 1. The molecule has 0 saturated carbocycles. The van der Waals surface area contributed by atoms with Crippen molar-refractivity contribution in [2.24, 2.45) is 0 Å². The molecule has 3 nitrogen and oxygen atoms in total. The summed E-state index contributed by atoms with van der Waals surface area (Å²) in [5.74, 6) is 0.671. The van der Waals surface area contributed by atoms with E-state index in [2.05, 4.69) is 11.6 Å². The minimum Gasteiger partial charge on any atom is -0.487 e. The maximum atomic E-state index is 11.2. The van der Waals surface area contributed by atoms with Crippen molar-refractivity contribution in [1.82, 2.24) is 4.98 Å². The Labute approximate surface area is 87.0 Å². The average Bonchev–Trinajstić information content (AvgIpc) is 2.26. The van der Waals surface area contributed by atoms with Gasteiger partial charge in [0.25, 0.3) is 0 Å². The number of ether oxygens (including phenoxy) is 1. The first-order valence-corrected chi connectivity index (χ1v) is 4.67. The van der Waals surface area contributed by atoms with Gasteiger partial charge in [-0.25, -0.2) is 0 Å². The third-order valence-corrected chi connectivity index (χ3v) is 2.08. The van der Waals surface area contributed by atoms with Crippen molar-refractivity contribution < 1.29 is 4.74 Å². The Bertz CT molecular complexity index is 543. The lowest BCUT2D eigenvalue weighted by molar-refractivity contribution is 0.367. The van der Waals surface area contributed by atoms with Gasteiger partial charge in [0.15, 0.2) is 0 Å². The van der Waals surface area contributed by atoms with Gasteiger partial charge >= 0.3 is 0 Å². The van der Waals surface area contributed by atoms with Crippen LogP contribution in [-0.4, -0.2) is 11.6 Å². The molecule has 0 saturated heterocycles. The van der Waals surface area contributed by atoms with Crippen LogP contribution >= 0.6 is 0 Å². The Morgan fingerprint density at radius 1 is 1.33 bits per heavy atom. The zero-order valence-corrected chi connectivity index (χ0v) is 8.19. The van der Waals surface area contributed by atoms with Crippen LogP contribution in [-0.2, 0) is 0 Å². The number of H-pyrrole nitrogens is 1. The highest BCUT2D eigenvalue weighted by atomic mass is 16.5. The molecule has 0 bridgehead atoms. The monoisotopic (exact) mass is 201 g/mol. The molecule has 0 amide bonds. The molecule has 2 aromatic rings. The average molecular weight is 201 g/mol. The highest BCUT2D eigenvalue weighted by Crippen LogP contribution is 2.21. The first kappa shape index (κ1) is 9.52. The Balaban J connectivity index is 2.57. The summed E-state index contributed by atoms with van der Waals surface area (Å²) in [6, 6.07) is 8.90. The van der Waals surface area contributed by atoms with Crippen molar-refractivity contribution in [2.75, 3.05) is 6.61 Å². The molecule has 2 rings (SSSR count). The number of aromatic nitrogens is 1. The molecule has 0 aliphatic carbocycles. The van der Waals surface area contributed by atoms with E-state index in [1.165, 1.54) is 6.07 Å². The maximum absolute atomic E-state index is 11.2. The van der Waals surface area contributed by atoms with Crippen molar-refractivity contribution in [3.63, 3.8) is 0 Å². The van der Waals surface area contributed by atoms with Gasteiger partial charge in [0.05, 0.1) is 5.52 Å². The summed E-state index contributed by atoms with van der Waals surface area (Å²) in [6.07, 6.45) is 1.67. The van der Waals surface area contributed by atoms with Crippen molar-refractivity contribution >= 4 is 10.9 Å². The molecule has 0 unspecified atom stereocenters. The Kier molecular flexibility index (Phi) is 2.54. The quantitative estimate of drug-likeness (QED) is 0.772. The van der Waals surface area contributed by atoms with E-state index >= 15 is 0 Å². The maximum Gasteiger partial charge on any atom is 0.248 e. The molecule has 1 heterocycles. The van der Waals surface area contributed by atoms with E-state index in [4.69, 9.17) is 4.74 Å². The van der Waals surface area contributed by atoms with Crippen molar-refractivity contribution in [3.05, 3.63) is 53.3 Å². The molecule has 0 spiro atoms. The summed E-state index contributed by atoms with van der Waals surface area (Å²) in [4.78, 5) is 13.9. The molecule has 0 radical (unpaired) electrons. The molecule has 0 aliphatic rings. The highest BCUT2D eigenvalue weighted by molar-refractivity contribution is 5.84. The van der Waals surface area contributed by atoms with Gasteiger partial charge in [-0.1, -0.05) is 24.8 Å². The number of fused-ring (bicyclic) bond motifs is 1. The first-order chi connectivity index (χ1) is 7.31. The molecule has 1 aromatic carbocycles. The summed E-state index contributed by atoms with van der Waals surface area (Å²) in [7, 11) is 0. The summed E-state index contributed by atoms with van der Waals surface area (Å²) < 4.78 is 5.44. The SMILES string of the molecule is C=CCOc1cccc2ccc(=O)[nH]c12. The zero-order chi connectivity index (χ0) is 10.7. The van der Waals surface area contributed by atoms with Crippen LogP contribution in [0.2, 0.25) is 0 Å². The number of pyridine rings is 1. The lowest BCUT2D eigenvalue weighted by Gasteiger charge is -2.06. The van der Waals surface area contributed by atoms with Crippen LogP contribution in [0.4, 0.5) is 0 Å². The summed E-state index contributed by atoms with van der Waals surface area (Å²) in [6.45, 7) is 4.00. The van der Waals surface area contributed by atoms with Gasteiger partial charge in [-0.2, -0.15) is 0 Å². The zero-order valence-electron chi connectivity index (χ0n) is 8.19. The molecule has 0 fully saturated rings. The summed E-state index contributed by atoms with van der Waals surface area (Å²) in [5, 5.41) is 0.955. The van der Waals surface area contributed by atoms with Crippen LogP contribution in [0.1, 0.15) is 0 Å². The Morgan fingerprint density at radius 3 is 3.00 bits per heavy atom. The van der Waals surface area contributed by atoms with Crippen LogP contribution in [0, 0.1) is 0 Å². The second-order valence-electron chi connectivity index (χ2n) is 3.14. The topological polar surface area (TPSA) is 42.1 Å². The molecular formula is C12H11NO2. The third kappa shape index (κ3) is 1.91. The van der Waals surface area contributed by atoms with Crippen LogP contribution in [0.5, 0.6) is 5.75 Å². The predicted octanol–water partition coefficient (Wildman–Crippen LogP) is 2.09. The van der Waals surface area contributed by atoms with Crippen LogP contribution in [0.3, 0.4) is 0 Å². The normalized spacial score (nSPS) is 10.1. The van der Waals surface area contributed by atoms with Gasteiger partial charge in [0, 0.05) is 11.5 Å². The number of benzene rings is 1. The van der Waals surface area contributed by atoms with Gasteiger partial charge in [-0.3, -0.25) is 4.79 Å². The molecule has 15 heavy (non-hydrogen) atoms. The van der Waals surface area contributed by atoms with E-state index in [0.29, 0.717) is 12.4 Å². The minimum atomic E-state index is -0.128. The Morgan fingerprint density at radius 2 is 2.20 bits per heavy atom. The first-order valence-electron chi connectivity index (χ1n) is 4.67. The number of aromatic amines is 1. The van der Waals surface area contributed by atoms with E-state index in [-0.39, 0.29) is 5.56 Å². The molecule has 3 heteroatoms. The standard InChI is InChI=1S/C12H11NO2/c1-2-8-15-10-5-3-4-9-6-7-11(14)13-12(9)10/h2-7H,1,8H2,(H,13,14). The number of para-hydroxylation sites is 1. The van der Waals surface area contributed by atoms with Crippen molar-refractivity contribution in [3.8, 4) is 5.75 Å². The highest BCUT2D eigenvalue weighted by Gasteiger charge is 2.01. The van der Waals surface area contributed by atoms with Crippen molar-refractivity contribution in [2.45, 2.75) is 0 Å². The summed E-state index contributed by atoms with van der Waals surface area (Å²) in [5.41, 5.74) is 0.601. The van der Waals surface area contributed by atoms with Crippen molar-refractivity contribution in [1.29, 1.82) is 0 Å². The number of hydrogen-bond acceptors (Lipinski definition) is 2. The number of rotatable bonds is 3. The predicted molar refractivity (Wildman–Crippen MR) is 60.3 cm³/mol. The number of hydrogen-bond donors (Lipinski definition) is 1. The third-order valence-electron chi connectivity index (χ3n) is 2.08. The fourth-order valence-electron chi connectivity index (χ4n) is 1.42. The van der Waals surface area contributed by atoms with Gasteiger partial charge < -0.3 is 9.72 Å². The lowest BCUT2D eigenvalue weighted by atomic mass is 10.2. The molecule has 1 N–H and O–H groups in total. The van der Waals surface area contributed by atoms with Gasteiger partial charge in [0.1, 0.15) is 12.4 Å². The van der Waals surface area contributed by atoms with E-state index in [9.17, 15) is 4.79 Å². The fourth-order valence-corrected chi connectivity index (χ4v) is 1.42. The second kappa shape index (κ2) is 4.00. The molecular weight excluding hydrogens is 190 g/mol. The molecule has 0 atom stereocenters. The van der Waals surface area contributed by atoms with E-state index in [1.807, 2.05) is 18.2 Å².